The van der Waals surface area contributed by atoms with E-state index in [1.54, 1.807) is 0 Å². The maximum Gasteiger partial charge on any atom is 0.231 e. The van der Waals surface area contributed by atoms with Gasteiger partial charge >= 0.3 is 0 Å². The Kier molecular flexibility index (Phi) is 4.11. The molecule has 2 aliphatic heterocycles. The van der Waals surface area contributed by atoms with E-state index in [0.29, 0.717) is 29.0 Å². The second kappa shape index (κ2) is 6.43. The van der Waals surface area contributed by atoms with Gasteiger partial charge < -0.3 is 18.8 Å². The summed E-state index contributed by atoms with van der Waals surface area (Å²) in [7, 11) is 0. The Morgan fingerprint density at radius 3 is 3.00 bits per heavy atom. The van der Waals surface area contributed by atoms with Crippen LogP contribution in [0.15, 0.2) is 22.6 Å². The molecular weight excluding hydrogens is 320 g/mol. The Hall–Kier alpha value is -2.50. The van der Waals surface area contributed by atoms with Crippen molar-refractivity contribution in [2.75, 3.05) is 19.9 Å². The Balaban J connectivity index is 1.51. The second-order valence-electron chi connectivity index (χ2n) is 6.85. The van der Waals surface area contributed by atoms with Crippen LogP contribution in [0, 0.1) is 12.8 Å². The van der Waals surface area contributed by atoms with Crippen LogP contribution in [0.25, 0.3) is 11.5 Å². The van der Waals surface area contributed by atoms with Gasteiger partial charge in [-0.2, -0.15) is 0 Å². The first kappa shape index (κ1) is 16.0. The number of fused-ring (bicyclic) bond motifs is 1. The third kappa shape index (κ3) is 3.21. The molecule has 1 aromatic heterocycles. The molecule has 1 saturated heterocycles. The zero-order chi connectivity index (χ0) is 17.4. The fraction of sp³-hybridized carbons (Fsp3) is 0.474. The van der Waals surface area contributed by atoms with Crippen LogP contribution in [0.4, 0.5) is 0 Å². The van der Waals surface area contributed by atoms with E-state index in [4.69, 9.17) is 13.9 Å². The van der Waals surface area contributed by atoms with E-state index >= 15 is 0 Å². The lowest BCUT2D eigenvalue weighted by Gasteiger charge is -2.30. The average Bonchev–Trinajstić information content (AvgIpc) is 3.21. The lowest BCUT2D eigenvalue weighted by molar-refractivity contribution is -0.132. The van der Waals surface area contributed by atoms with Crippen molar-refractivity contribution in [1.29, 1.82) is 0 Å². The number of hydrogen-bond donors (Lipinski definition) is 0. The van der Waals surface area contributed by atoms with Gasteiger partial charge in [0.15, 0.2) is 11.5 Å². The van der Waals surface area contributed by atoms with E-state index in [9.17, 15) is 4.79 Å². The van der Waals surface area contributed by atoms with Crippen molar-refractivity contribution in [3.63, 3.8) is 0 Å². The molecule has 4 rings (SSSR count). The number of oxazole rings is 1. The number of nitrogens with zero attached hydrogens (tertiary/aromatic N) is 2. The lowest BCUT2D eigenvalue weighted by Crippen LogP contribution is -2.40. The van der Waals surface area contributed by atoms with Gasteiger partial charge in [0.1, 0.15) is 5.76 Å². The van der Waals surface area contributed by atoms with Crippen molar-refractivity contribution < 1.29 is 18.7 Å². The summed E-state index contributed by atoms with van der Waals surface area (Å²) in [4.78, 5) is 19.1. The Morgan fingerprint density at radius 2 is 2.16 bits per heavy atom. The van der Waals surface area contributed by atoms with E-state index in [1.165, 1.54) is 6.42 Å². The molecule has 0 spiro atoms. The molecule has 3 heterocycles. The van der Waals surface area contributed by atoms with Crippen LogP contribution in [-0.2, 0) is 11.2 Å². The number of benzene rings is 1. The number of amides is 1. The first-order chi connectivity index (χ1) is 12.1. The number of aryl methyl sites for hydroxylation is 1. The third-order valence-electron chi connectivity index (χ3n) is 4.84. The molecule has 2 aromatic rings. The van der Waals surface area contributed by atoms with Crippen LogP contribution in [0.1, 0.15) is 31.2 Å². The molecule has 0 radical (unpaired) electrons. The Morgan fingerprint density at radius 1 is 1.32 bits per heavy atom. The normalized spacial score (nSPS) is 19.3. The number of aromatic nitrogens is 1. The largest absolute Gasteiger partial charge is 0.454 e. The molecule has 0 aliphatic carbocycles. The van der Waals surface area contributed by atoms with Crippen LogP contribution in [-0.4, -0.2) is 35.7 Å². The Labute approximate surface area is 146 Å². The van der Waals surface area contributed by atoms with Crippen molar-refractivity contribution in [3.8, 4) is 23.0 Å². The highest BCUT2D eigenvalue weighted by atomic mass is 16.7. The fourth-order valence-corrected chi connectivity index (χ4v) is 3.42. The predicted octanol–water partition coefficient (Wildman–Crippen LogP) is 3.18. The molecule has 1 fully saturated rings. The number of hydrogen-bond acceptors (Lipinski definition) is 5. The first-order valence-corrected chi connectivity index (χ1v) is 8.74. The highest BCUT2D eigenvalue weighted by molar-refractivity contribution is 5.79. The van der Waals surface area contributed by atoms with E-state index in [1.807, 2.05) is 30.0 Å². The predicted molar refractivity (Wildman–Crippen MR) is 91.5 cm³/mol. The standard InChI is InChI=1S/C19H22N2O4/c1-12-4-3-7-21(10-12)18(22)9-15-13(2)25-19(20-15)14-5-6-16-17(8-14)24-11-23-16/h5-6,8,12H,3-4,7,9-11H2,1-2H3. The van der Waals surface area contributed by atoms with Gasteiger partial charge in [0.2, 0.25) is 18.6 Å². The van der Waals surface area contributed by atoms with E-state index < -0.39 is 0 Å². The monoisotopic (exact) mass is 342 g/mol. The smallest absolute Gasteiger partial charge is 0.231 e. The molecule has 0 saturated carbocycles. The molecule has 25 heavy (non-hydrogen) atoms. The molecule has 2 aliphatic rings. The summed E-state index contributed by atoms with van der Waals surface area (Å²) in [5.41, 5.74) is 1.52. The fourth-order valence-electron chi connectivity index (χ4n) is 3.42. The van der Waals surface area contributed by atoms with Crippen molar-refractivity contribution in [3.05, 3.63) is 29.7 Å². The highest BCUT2D eigenvalue weighted by Gasteiger charge is 2.24. The number of ether oxygens (including phenoxy) is 2. The lowest BCUT2D eigenvalue weighted by atomic mass is 10.00. The molecule has 0 bridgehead atoms. The molecule has 1 unspecified atom stereocenters. The van der Waals surface area contributed by atoms with Crippen molar-refractivity contribution in [2.45, 2.75) is 33.1 Å². The number of likely N-dealkylation sites (tertiary alicyclic amines) is 1. The quantitative estimate of drug-likeness (QED) is 0.857. The molecule has 1 atom stereocenters. The number of piperidine rings is 1. The van der Waals surface area contributed by atoms with Gasteiger partial charge in [0, 0.05) is 18.7 Å². The first-order valence-electron chi connectivity index (χ1n) is 8.74. The maximum atomic E-state index is 12.6. The average molecular weight is 342 g/mol. The van der Waals surface area contributed by atoms with Gasteiger partial charge in [-0.15, -0.1) is 0 Å². The van der Waals surface area contributed by atoms with Crippen LogP contribution in [0.3, 0.4) is 0 Å². The number of carbonyl (C=O) groups excluding carboxylic acids is 1. The minimum Gasteiger partial charge on any atom is -0.454 e. The summed E-state index contributed by atoms with van der Waals surface area (Å²) >= 11 is 0. The van der Waals surface area contributed by atoms with E-state index in [0.717, 1.165) is 30.8 Å². The molecule has 1 amide bonds. The van der Waals surface area contributed by atoms with Crippen LogP contribution in [0.2, 0.25) is 0 Å². The van der Waals surface area contributed by atoms with Crippen molar-refractivity contribution in [2.24, 2.45) is 5.92 Å². The number of rotatable bonds is 3. The summed E-state index contributed by atoms with van der Waals surface area (Å²) in [6, 6.07) is 5.58. The summed E-state index contributed by atoms with van der Waals surface area (Å²) in [6.07, 6.45) is 2.56. The van der Waals surface area contributed by atoms with Gasteiger partial charge in [-0.1, -0.05) is 6.92 Å². The van der Waals surface area contributed by atoms with E-state index in [2.05, 4.69) is 11.9 Å². The second-order valence-corrected chi connectivity index (χ2v) is 6.85. The van der Waals surface area contributed by atoms with Gasteiger partial charge in [0.05, 0.1) is 12.1 Å². The van der Waals surface area contributed by atoms with Crippen LogP contribution in [0.5, 0.6) is 11.5 Å². The zero-order valence-corrected chi connectivity index (χ0v) is 14.6. The van der Waals surface area contributed by atoms with Gasteiger partial charge in [-0.3, -0.25) is 4.79 Å². The molecular formula is C19H22N2O4. The topological polar surface area (TPSA) is 64.8 Å². The van der Waals surface area contributed by atoms with Crippen molar-refractivity contribution >= 4 is 5.91 Å². The molecule has 6 nitrogen and oxygen atoms in total. The number of carbonyl (C=O) groups is 1. The van der Waals surface area contributed by atoms with Gasteiger partial charge in [-0.05, 0) is 43.9 Å². The molecule has 6 heteroatoms. The summed E-state index contributed by atoms with van der Waals surface area (Å²) < 4.78 is 16.5. The zero-order valence-electron chi connectivity index (χ0n) is 14.6. The van der Waals surface area contributed by atoms with Crippen molar-refractivity contribution in [1.82, 2.24) is 9.88 Å². The van der Waals surface area contributed by atoms with Crippen LogP contribution < -0.4 is 9.47 Å². The minimum absolute atomic E-state index is 0.125. The summed E-state index contributed by atoms with van der Waals surface area (Å²) in [5, 5.41) is 0. The van der Waals surface area contributed by atoms with E-state index in [-0.39, 0.29) is 19.1 Å². The SMILES string of the molecule is Cc1oc(-c2ccc3c(c2)OCO3)nc1CC(=O)N1CCCC(C)C1. The maximum absolute atomic E-state index is 12.6. The molecule has 0 N–H and O–H groups in total. The molecule has 1 aromatic carbocycles. The third-order valence-corrected chi connectivity index (χ3v) is 4.84. The summed E-state index contributed by atoms with van der Waals surface area (Å²) in [5.74, 6) is 3.30. The summed E-state index contributed by atoms with van der Waals surface area (Å²) in [6.45, 7) is 5.96. The Bertz CT molecular complexity index is 799. The van der Waals surface area contributed by atoms with Crippen LogP contribution >= 0.6 is 0 Å². The molecule has 132 valence electrons. The van der Waals surface area contributed by atoms with Gasteiger partial charge in [0.25, 0.3) is 0 Å². The minimum atomic E-state index is 0.125. The highest BCUT2D eigenvalue weighted by Crippen LogP contribution is 2.36. The van der Waals surface area contributed by atoms with Gasteiger partial charge in [-0.25, -0.2) is 4.98 Å².